The van der Waals surface area contributed by atoms with Crippen LogP contribution in [0.1, 0.15) is 0 Å². The Morgan fingerprint density at radius 1 is 1.36 bits per heavy atom. The van der Waals surface area contributed by atoms with Gasteiger partial charge in [0, 0.05) is 31.6 Å². The van der Waals surface area contributed by atoms with E-state index in [2.05, 4.69) is 17.7 Å². The minimum atomic E-state index is 0. The van der Waals surface area contributed by atoms with Gasteiger partial charge >= 0.3 is 0 Å². The van der Waals surface area contributed by atoms with Crippen LogP contribution in [-0.2, 0) is 20.1 Å². The number of benzene rings is 1. The van der Waals surface area contributed by atoms with Crippen LogP contribution in [0.3, 0.4) is 0 Å². The number of rotatable bonds is 2. The van der Waals surface area contributed by atoms with Gasteiger partial charge in [0.25, 0.3) is 0 Å². The summed E-state index contributed by atoms with van der Waals surface area (Å²) in [6, 6.07) is 13.0. The zero-order chi connectivity index (χ0) is 9.10. The summed E-state index contributed by atoms with van der Waals surface area (Å²) in [4.78, 5) is 0. The third-order valence-electron chi connectivity index (χ3n) is 1.78. The largest absolute Gasteiger partial charge is 0.266 e. The fourth-order valence-electron chi connectivity index (χ4n) is 1.12. The third kappa shape index (κ3) is 2.41. The van der Waals surface area contributed by atoms with Gasteiger partial charge in [0.05, 0.1) is 0 Å². The van der Waals surface area contributed by atoms with Gasteiger partial charge in [-0.15, -0.1) is 6.07 Å². The van der Waals surface area contributed by atoms with Crippen molar-refractivity contribution in [1.82, 2.24) is 9.78 Å². The second-order valence-corrected chi connectivity index (χ2v) is 3.66. The van der Waals surface area contributed by atoms with Gasteiger partial charge in [-0.2, -0.15) is 29.4 Å². The van der Waals surface area contributed by atoms with Crippen LogP contribution in [0.5, 0.6) is 0 Å². The van der Waals surface area contributed by atoms with Gasteiger partial charge < -0.3 is 0 Å². The van der Waals surface area contributed by atoms with Crippen LogP contribution in [0.15, 0.2) is 36.5 Å². The van der Waals surface area contributed by atoms with Gasteiger partial charge in [0.2, 0.25) is 0 Å². The molecule has 0 saturated heterocycles. The number of para-hydroxylation sites is 1. The summed E-state index contributed by atoms with van der Waals surface area (Å²) in [7, 11) is 0.750. The van der Waals surface area contributed by atoms with E-state index in [1.54, 1.807) is 0 Å². The summed E-state index contributed by atoms with van der Waals surface area (Å²) >= 11 is 0. The van der Waals surface area contributed by atoms with Gasteiger partial charge in [0.1, 0.15) is 9.52 Å². The first-order valence-corrected chi connectivity index (χ1v) is 5.60. The quantitative estimate of drug-likeness (QED) is 0.565. The monoisotopic (exact) mass is 378 g/mol. The van der Waals surface area contributed by atoms with Gasteiger partial charge in [-0.3, -0.25) is 4.68 Å². The number of aromatic nitrogens is 2. The standard InChI is InChI=1S/C10H9N2Si.Ir/c1-13-10-7-8-12(11-10)9-5-3-2-4-6-9;/h2-5,7-8H,1H3;/q-1;. The van der Waals surface area contributed by atoms with Crippen LogP contribution < -0.4 is 5.32 Å². The molecular weight excluding hydrogens is 368 g/mol. The van der Waals surface area contributed by atoms with Crippen molar-refractivity contribution in [2.24, 2.45) is 0 Å². The molecule has 0 fully saturated rings. The maximum atomic E-state index is 4.40. The van der Waals surface area contributed by atoms with Crippen molar-refractivity contribution in [1.29, 1.82) is 0 Å². The van der Waals surface area contributed by atoms with E-state index < -0.39 is 0 Å². The van der Waals surface area contributed by atoms with E-state index in [1.807, 2.05) is 41.2 Å². The van der Waals surface area contributed by atoms with Gasteiger partial charge in [0.15, 0.2) is 0 Å². The van der Waals surface area contributed by atoms with Crippen molar-refractivity contribution in [3.8, 4) is 5.69 Å². The van der Waals surface area contributed by atoms with Crippen LogP contribution in [0.25, 0.3) is 5.69 Å². The molecule has 2 aromatic rings. The molecule has 2 nitrogen and oxygen atoms in total. The second kappa shape index (κ2) is 5.24. The molecule has 3 radical (unpaired) electrons. The Kier molecular flexibility index (Phi) is 4.26. The van der Waals surface area contributed by atoms with E-state index in [4.69, 9.17) is 0 Å². The predicted octanol–water partition coefficient (Wildman–Crippen LogP) is 1.05. The zero-order valence-electron chi connectivity index (χ0n) is 7.69. The van der Waals surface area contributed by atoms with Gasteiger partial charge in [-0.1, -0.05) is 6.55 Å². The molecule has 1 heterocycles. The van der Waals surface area contributed by atoms with Crippen molar-refractivity contribution in [2.45, 2.75) is 6.55 Å². The van der Waals surface area contributed by atoms with Crippen molar-refractivity contribution in [2.75, 3.05) is 0 Å². The van der Waals surface area contributed by atoms with E-state index in [9.17, 15) is 0 Å². The SMILES string of the molecule is C[Si]c1ccn(-c2[c-]cccc2)n1.[Ir]. The topological polar surface area (TPSA) is 17.8 Å². The van der Waals surface area contributed by atoms with Crippen molar-refractivity contribution < 1.29 is 20.1 Å². The van der Waals surface area contributed by atoms with Crippen LogP contribution in [0.2, 0.25) is 6.55 Å². The van der Waals surface area contributed by atoms with Crippen molar-refractivity contribution in [3.63, 3.8) is 0 Å². The molecule has 14 heavy (non-hydrogen) atoms. The molecule has 0 spiro atoms. The third-order valence-corrected chi connectivity index (χ3v) is 2.56. The van der Waals surface area contributed by atoms with E-state index in [0.717, 1.165) is 20.5 Å². The summed E-state index contributed by atoms with van der Waals surface area (Å²) < 4.78 is 1.85. The Morgan fingerprint density at radius 3 is 2.79 bits per heavy atom. The average Bonchev–Trinajstić information content (AvgIpc) is 2.67. The minimum absolute atomic E-state index is 0. The maximum absolute atomic E-state index is 4.40. The van der Waals surface area contributed by atoms with E-state index in [1.165, 1.54) is 0 Å². The molecule has 0 saturated carbocycles. The molecule has 4 heteroatoms. The fraction of sp³-hybridized carbons (Fsp3) is 0.100. The number of nitrogens with zero attached hydrogens (tertiary/aromatic N) is 2. The first-order valence-electron chi connectivity index (χ1n) is 4.10. The normalized spacial score (nSPS) is 9.50. The van der Waals surface area contributed by atoms with Gasteiger partial charge in [-0.05, 0) is 11.8 Å². The first kappa shape index (κ1) is 11.4. The molecule has 0 bridgehead atoms. The maximum Gasteiger partial charge on any atom is 0.107 e. The zero-order valence-corrected chi connectivity index (χ0v) is 11.1. The Labute approximate surface area is 99.5 Å². The summed E-state index contributed by atoms with van der Waals surface area (Å²) in [6.45, 7) is 2.13. The van der Waals surface area contributed by atoms with Crippen LogP contribution in [-0.4, -0.2) is 19.3 Å². The van der Waals surface area contributed by atoms with Crippen LogP contribution >= 0.6 is 0 Å². The predicted molar refractivity (Wildman–Crippen MR) is 53.7 cm³/mol. The minimum Gasteiger partial charge on any atom is -0.266 e. The van der Waals surface area contributed by atoms with Crippen LogP contribution in [0, 0.1) is 6.07 Å². The second-order valence-electron chi connectivity index (χ2n) is 2.64. The average molecular weight is 377 g/mol. The molecule has 0 amide bonds. The molecule has 0 aliphatic heterocycles. The van der Waals surface area contributed by atoms with Crippen LogP contribution in [0.4, 0.5) is 0 Å². The molecule has 1 aromatic carbocycles. The van der Waals surface area contributed by atoms with Gasteiger partial charge in [-0.25, -0.2) is 0 Å². The number of hydrogen-bond acceptors (Lipinski definition) is 1. The van der Waals surface area contributed by atoms with E-state index in [0.29, 0.717) is 0 Å². The molecule has 0 aliphatic rings. The first-order chi connectivity index (χ1) is 6.40. The Hall–Kier alpha value is -0.704. The smallest absolute Gasteiger partial charge is 0.107 e. The Morgan fingerprint density at radius 2 is 2.21 bits per heavy atom. The Balaban J connectivity index is 0.000000980. The summed E-state index contributed by atoms with van der Waals surface area (Å²) in [5.74, 6) is 0. The molecule has 0 unspecified atom stereocenters. The fourth-order valence-corrected chi connectivity index (χ4v) is 1.57. The molecule has 0 atom stereocenters. The molecule has 0 aliphatic carbocycles. The summed E-state index contributed by atoms with van der Waals surface area (Å²) in [5, 5.41) is 5.53. The molecular formula is C10H9IrN2Si-. The summed E-state index contributed by atoms with van der Waals surface area (Å²) in [5.41, 5.74) is 0.993. The molecule has 1 aromatic heterocycles. The number of hydrogen-bond donors (Lipinski definition) is 0. The molecule has 0 N–H and O–H groups in total. The molecule has 2 rings (SSSR count). The molecule has 73 valence electrons. The van der Waals surface area contributed by atoms with Crippen molar-refractivity contribution in [3.05, 3.63) is 42.6 Å². The Bertz CT molecular complexity index is 386. The van der Waals surface area contributed by atoms with E-state index >= 15 is 0 Å². The van der Waals surface area contributed by atoms with Crippen molar-refractivity contribution >= 4 is 14.8 Å². The summed E-state index contributed by atoms with van der Waals surface area (Å²) in [6.07, 6.45) is 1.97. The van der Waals surface area contributed by atoms with E-state index in [-0.39, 0.29) is 20.1 Å².